The Morgan fingerprint density at radius 1 is 1.19 bits per heavy atom. The van der Waals surface area contributed by atoms with Crippen LogP contribution in [-0.4, -0.2) is 27.5 Å². The van der Waals surface area contributed by atoms with Gasteiger partial charge in [-0.25, -0.2) is 0 Å². The number of benzene rings is 1. The Morgan fingerprint density at radius 2 is 1.96 bits per heavy atom. The van der Waals surface area contributed by atoms with E-state index in [0.717, 1.165) is 31.6 Å². The molecule has 0 aliphatic carbocycles. The molecule has 0 radical (unpaired) electrons. The topological polar surface area (TPSA) is 53.4 Å². The summed E-state index contributed by atoms with van der Waals surface area (Å²) in [7, 11) is 0. The van der Waals surface area contributed by atoms with Crippen LogP contribution in [0.2, 0.25) is 0 Å². The normalized spacial score (nSPS) is 19.9. The van der Waals surface area contributed by atoms with Gasteiger partial charge in [0.25, 0.3) is 0 Å². The van der Waals surface area contributed by atoms with Crippen LogP contribution < -0.4 is 29.6 Å². The van der Waals surface area contributed by atoms with E-state index in [0.29, 0.717) is 18.4 Å². The molecule has 2 aromatic rings. The van der Waals surface area contributed by atoms with Crippen molar-refractivity contribution in [2.75, 3.05) is 6.54 Å². The number of aromatic nitrogens is 1. The van der Waals surface area contributed by atoms with Crippen molar-refractivity contribution in [3.05, 3.63) is 78.1 Å². The molecule has 1 aliphatic heterocycles. The van der Waals surface area contributed by atoms with Crippen LogP contribution in [0.4, 0.5) is 0 Å². The molecule has 138 valence electrons. The summed E-state index contributed by atoms with van der Waals surface area (Å²) in [4.78, 5) is 17.6. The van der Waals surface area contributed by atoms with Crippen molar-refractivity contribution in [2.24, 2.45) is 5.92 Å². The monoisotopic (exact) mass is 374 g/mol. The number of nitrogens with zero attached hydrogens (tertiary/aromatic N) is 2. The third-order valence-electron chi connectivity index (χ3n) is 4.99. The Morgan fingerprint density at radius 3 is 2.67 bits per heavy atom. The molecule has 4 nitrogen and oxygen atoms in total. The average Bonchev–Trinajstić information content (AvgIpc) is 3.05. The number of aliphatic carboxylic acids is 1. The molecule has 2 unspecified atom stereocenters. The molecular weight excluding hydrogens is 347 g/mol. The van der Waals surface area contributed by atoms with Gasteiger partial charge in [-0.3, -0.25) is 14.7 Å². The molecular formula is C22H27N2NaO2. The van der Waals surface area contributed by atoms with Crippen LogP contribution in [-0.2, 0) is 11.3 Å². The largest absolute Gasteiger partial charge is 1.00 e. The number of carbonyl (C=O) groups is 1. The molecule has 1 aromatic heterocycles. The zero-order valence-corrected chi connectivity index (χ0v) is 18.0. The maximum Gasteiger partial charge on any atom is 1.00 e. The van der Waals surface area contributed by atoms with Crippen LogP contribution in [0, 0.1) is 5.92 Å². The third kappa shape index (κ3) is 6.58. The minimum absolute atomic E-state index is 0. The smallest absolute Gasteiger partial charge is 1.00 e. The minimum Gasteiger partial charge on any atom is -1.00 e. The van der Waals surface area contributed by atoms with Gasteiger partial charge < -0.3 is 6.53 Å². The van der Waals surface area contributed by atoms with Gasteiger partial charge in [0.05, 0.1) is 5.69 Å². The van der Waals surface area contributed by atoms with Gasteiger partial charge in [0, 0.05) is 25.2 Å². The Balaban J connectivity index is 0.00000196. The van der Waals surface area contributed by atoms with E-state index in [1.807, 2.05) is 24.4 Å². The van der Waals surface area contributed by atoms with Gasteiger partial charge >= 0.3 is 35.5 Å². The van der Waals surface area contributed by atoms with E-state index >= 15 is 0 Å². The number of carboxylic acid groups (broad SMARTS) is 1. The summed E-state index contributed by atoms with van der Waals surface area (Å²) in [6.45, 7) is 1.92. The van der Waals surface area contributed by atoms with Gasteiger partial charge in [-0.1, -0.05) is 48.6 Å². The van der Waals surface area contributed by atoms with Crippen molar-refractivity contribution >= 4 is 5.97 Å². The number of rotatable bonds is 8. The maximum atomic E-state index is 10.6. The number of allylic oxidation sites excluding steroid dienone is 2. The standard InChI is InChI=1S/C22H26N2O2.Na.H/c25-21(26)13-6-2-5-11-19-14-16-24(17-20-12-7-8-15-23-20)22(19)18-9-3-1-4-10-18;;/h1-5,7-10,12,15,19,22H,6,11,13-14,16-17H2,(H,25,26);;/q;+1;-1/b5-2-;;. The molecule has 1 N–H and O–H groups in total. The summed E-state index contributed by atoms with van der Waals surface area (Å²) in [5.41, 5.74) is 2.45. The van der Waals surface area contributed by atoms with Gasteiger partial charge in [-0.05, 0) is 49.4 Å². The van der Waals surface area contributed by atoms with Crippen LogP contribution in [0.3, 0.4) is 0 Å². The Kier molecular flexibility index (Phi) is 9.22. The minimum atomic E-state index is -0.737. The molecule has 27 heavy (non-hydrogen) atoms. The van der Waals surface area contributed by atoms with Crippen molar-refractivity contribution in [1.82, 2.24) is 9.88 Å². The molecule has 1 saturated heterocycles. The Labute approximate surface area is 185 Å². The first-order valence-electron chi connectivity index (χ1n) is 9.29. The van der Waals surface area contributed by atoms with Crippen molar-refractivity contribution in [1.29, 1.82) is 0 Å². The second kappa shape index (κ2) is 11.4. The molecule has 2 atom stereocenters. The van der Waals surface area contributed by atoms with Crippen LogP contribution >= 0.6 is 0 Å². The molecule has 0 saturated carbocycles. The summed E-state index contributed by atoms with van der Waals surface area (Å²) in [6.07, 6.45) is 8.97. The maximum absolute atomic E-state index is 10.6. The van der Waals surface area contributed by atoms with Gasteiger partial charge in [0.2, 0.25) is 0 Å². The average molecular weight is 374 g/mol. The van der Waals surface area contributed by atoms with E-state index in [1.54, 1.807) is 0 Å². The summed E-state index contributed by atoms with van der Waals surface area (Å²) in [5, 5.41) is 8.74. The Bertz CT molecular complexity index is 728. The first-order chi connectivity index (χ1) is 12.7. The molecule has 1 aromatic carbocycles. The first-order valence-corrected chi connectivity index (χ1v) is 9.29. The van der Waals surface area contributed by atoms with E-state index in [-0.39, 0.29) is 37.4 Å². The van der Waals surface area contributed by atoms with Crippen molar-refractivity contribution in [3.8, 4) is 0 Å². The zero-order valence-electron chi connectivity index (χ0n) is 17.0. The Hall–Kier alpha value is -1.46. The fourth-order valence-corrected chi connectivity index (χ4v) is 3.78. The van der Waals surface area contributed by atoms with Gasteiger partial charge in [0.1, 0.15) is 0 Å². The van der Waals surface area contributed by atoms with E-state index in [2.05, 4.69) is 52.4 Å². The summed E-state index contributed by atoms with van der Waals surface area (Å²) >= 11 is 0. The van der Waals surface area contributed by atoms with Crippen molar-refractivity contribution in [3.63, 3.8) is 0 Å². The van der Waals surface area contributed by atoms with Crippen LogP contribution in [0.1, 0.15) is 44.4 Å². The van der Waals surface area contributed by atoms with Gasteiger partial charge in [-0.2, -0.15) is 0 Å². The van der Waals surface area contributed by atoms with Crippen molar-refractivity contribution in [2.45, 2.75) is 38.3 Å². The molecule has 0 bridgehead atoms. The van der Waals surface area contributed by atoms with E-state index in [9.17, 15) is 4.79 Å². The van der Waals surface area contributed by atoms with E-state index < -0.39 is 5.97 Å². The van der Waals surface area contributed by atoms with E-state index in [1.165, 1.54) is 5.56 Å². The second-order valence-corrected chi connectivity index (χ2v) is 6.84. The van der Waals surface area contributed by atoms with Gasteiger partial charge in [0.15, 0.2) is 0 Å². The molecule has 1 fully saturated rings. The summed E-state index contributed by atoms with van der Waals surface area (Å²) < 4.78 is 0. The van der Waals surface area contributed by atoms with Crippen LogP contribution in [0.25, 0.3) is 0 Å². The predicted octanol–water partition coefficient (Wildman–Crippen LogP) is 1.57. The van der Waals surface area contributed by atoms with E-state index in [4.69, 9.17) is 5.11 Å². The molecule has 2 heterocycles. The molecule has 0 spiro atoms. The number of pyridine rings is 1. The predicted molar refractivity (Wildman–Crippen MR) is 104 cm³/mol. The molecule has 1 aliphatic rings. The quantitative estimate of drug-likeness (QED) is 0.563. The summed E-state index contributed by atoms with van der Waals surface area (Å²) in [5.74, 6) is -0.193. The SMILES string of the molecule is O=C(O)CC/C=C\CC1CCN(Cc2ccccn2)C1c1ccccc1.[H-].[Na+]. The first kappa shape index (κ1) is 21.8. The van der Waals surface area contributed by atoms with Gasteiger partial charge in [-0.15, -0.1) is 0 Å². The number of hydrogen-bond acceptors (Lipinski definition) is 3. The summed E-state index contributed by atoms with van der Waals surface area (Å²) in [6, 6.07) is 17.1. The fourth-order valence-electron chi connectivity index (χ4n) is 3.78. The number of carboxylic acids is 1. The number of likely N-dealkylation sites (tertiary alicyclic amines) is 1. The zero-order chi connectivity index (χ0) is 18.2. The number of hydrogen-bond donors (Lipinski definition) is 1. The molecule has 0 amide bonds. The second-order valence-electron chi connectivity index (χ2n) is 6.84. The third-order valence-corrected chi connectivity index (χ3v) is 4.99. The van der Waals surface area contributed by atoms with Crippen molar-refractivity contribution < 1.29 is 40.9 Å². The van der Waals surface area contributed by atoms with Crippen LogP contribution in [0.15, 0.2) is 66.9 Å². The fraction of sp³-hybridized carbons (Fsp3) is 0.364. The molecule has 5 heteroatoms. The molecule has 3 rings (SSSR count). The van der Waals surface area contributed by atoms with Crippen LogP contribution in [0.5, 0.6) is 0 Å².